The van der Waals surface area contributed by atoms with Crippen molar-refractivity contribution in [3.63, 3.8) is 0 Å². The molecule has 3 nitrogen and oxygen atoms in total. The van der Waals surface area contributed by atoms with Gasteiger partial charge in [-0.1, -0.05) is 32.6 Å². The molecule has 1 fully saturated rings. The van der Waals surface area contributed by atoms with Crippen LogP contribution >= 0.6 is 0 Å². The fourth-order valence-electron chi connectivity index (χ4n) is 2.99. The Bertz CT molecular complexity index is 419. The Morgan fingerprint density at radius 1 is 1.15 bits per heavy atom. The van der Waals surface area contributed by atoms with Crippen molar-refractivity contribution < 1.29 is 4.79 Å². The molecular formula is C17H26N2O. The highest BCUT2D eigenvalue weighted by Gasteiger charge is 2.25. The van der Waals surface area contributed by atoms with Gasteiger partial charge in [0.1, 0.15) is 0 Å². The van der Waals surface area contributed by atoms with Crippen LogP contribution in [0.15, 0.2) is 24.3 Å². The highest BCUT2D eigenvalue weighted by atomic mass is 16.2. The molecule has 2 N–H and O–H groups in total. The molecule has 0 spiro atoms. The minimum atomic E-state index is 0.210. The molecule has 1 aliphatic carbocycles. The molecule has 20 heavy (non-hydrogen) atoms. The predicted molar refractivity (Wildman–Crippen MR) is 84.7 cm³/mol. The van der Waals surface area contributed by atoms with Crippen LogP contribution in [0.3, 0.4) is 0 Å². The van der Waals surface area contributed by atoms with Crippen molar-refractivity contribution >= 4 is 17.3 Å². The van der Waals surface area contributed by atoms with E-state index >= 15 is 0 Å². The second kappa shape index (κ2) is 7.32. The first kappa shape index (κ1) is 14.9. The Hall–Kier alpha value is -1.51. The number of carbonyl (C=O) groups is 1. The van der Waals surface area contributed by atoms with Crippen LogP contribution in [0.5, 0.6) is 0 Å². The zero-order valence-corrected chi connectivity index (χ0v) is 12.5. The van der Waals surface area contributed by atoms with Crippen molar-refractivity contribution in [2.45, 2.75) is 51.9 Å². The normalized spacial score (nSPS) is 16.6. The Morgan fingerprint density at radius 2 is 1.75 bits per heavy atom. The monoisotopic (exact) mass is 274 g/mol. The van der Waals surface area contributed by atoms with Crippen molar-refractivity contribution in [3.05, 3.63) is 24.3 Å². The maximum absolute atomic E-state index is 12.8. The van der Waals surface area contributed by atoms with E-state index in [0.717, 1.165) is 37.2 Å². The Morgan fingerprint density at radius 3 is 2.30 bits per heavy atom. The second-order valence-corrected chi connectivity index (χ2v) is 5.77. The number of anilines is 2. The number of carbonyl (C=O) groups excluding carboxylic acids is 1. The van der Waals surface area contributed by atoms with E-state index in [-0.39, 0.29) is 5.92 Å². The minimum Gasteiger partial charge on any atom is -0.399 e. The molecule has 0 bridgehead atoms. The minimum absolute atomic E-state index is 0.210. The van der Waals surface area contributed by atoms with Crippen LogP contribution in [0, 0.1) is 5.92 Å². The van der Waals surface area contributed by atoms with Crippen molar-refractivity contribution in [2.75, 3.05) is 17.2 Å². The molecule has 1 aromatic rings. The maximum atomic E-state index is 12.8. The summed E-state index contributed by atoms with van der Waals surface area (Å²) in [5.41, 5.74) is 7.46. The zero-order chi connectivity index (χ0) is 14.4. The first-order valence-corrected chi connectivity index (χ1v) is 7.89. The molecule has 1 amide bonds. The van der Waals surface area contributed by atoms with Gasteiger partial charge < -0.3 is 10.6 Å². The van der Waals surface area contributed by atoms with Gasteiger partial charge in [0.05, 0.1) is 0 Å². The van der Waals surface area contributed by atoms with Gasteiger partial charge in [0.15, 0.2) is 0 Å². The topological polar surface area (TPSA) is 46.3 Å². The summed E-state index contributed by atoms with van der Waals surface area (Å²) >= 11 is 0. The largest absolute Gasteiger partial charge is 0.399 e. The molecule has 0 aromatic heterocycles. The average Bonchev–Trinajstić information content (AvgIpc) is 2.74. The van der Waals surface area contributed by atoms with Crippen LogP contribution in [0.4, 0.5) is 11.4 Å². The van der Waals surface area contributed by atoms with Crippen LogP contribution in [0.2, 0.25) is 0 Å². The third-order valence-electron chi connectivity index (χ3n) is 4.12. The summed E-state index contributed by atoms with van der Waals surface area (Å²) in [6.07, 6.45) is 8.01. The molecule has 110 valence electrons. The summed E-state index contributed by atoms with van der Waals surface area (Å²) in [6.45, 7) is 2.91. The quantitative estimate of drug-likeness (QED) is 0.666. The third kappa shape index (κ3) is 3.75. The van der Waals surface area contributed by atoms with Gasteiger partial charge >= 0.3 is 0 Å². The van der Waals surface area contributed by atoms with Crippen LogP contribution in [0.1, 0.15) is 51.9 Å². The number of hydrogen-bond donors (Lipinski definition) is 1. The Kier molecular flexibility index (Phi) is 5.45. The molecule has 1 aromatic carbocycles. The number of rotatable bonds is 4. The predicted octanol–water partition coefficient (Wildman–Crippen LogP) is 3.98. The van der Waals surface area contributed by atoms with E-state index in [1.807, 2.05) is 29.2 Å². The smallest absolute Gasteiger partial charge is 0.230 e. The molecule has 0 unspecified atom stereocenters. The van der Waals surface area contributed by atoms with Crippen molar-refractivity contribution in [2.24, 2.45) is 5.92 Å². The van der Waals surface area contributed by atoms with Crippen molar-refractivity contribution in [3.8, 4) is 0 Å². The molecule has 0 radical (unpaired) electrons. The molecule has 0 heterocycles. The molecule has 0 saturated heterocycles. The van der Waals surface area contributed by atoms with Gasteiger partial charge in [-0.05, 0) is 43.5 Å². The molecule has 2 rings (SSSR count). The van der Waals surface area contributed by atoms with Gasteiger partial charge in [0.2, 0.25) is 5.91 Å². The van der Waals surface area contributed by atoms with Gasteiger partial charge in [-0.25, -0.2) is 0 Å². The number of benzene rings is 1. The van der Waals surface area contributed by atoms with Gasteiger partial charge in [-0.15, -0.1) is 0 Å². The van der Waals surface area contributed by atoms with E-state index < -0.39 is 0 Å². The fraction of sp³-hybridized carbons (Fsp3) is 0.588. The third-order valence-corrected chi connectivity index (χ3v) is 4.12. The summed E-state index contributed by atoms with van der Waals surface area (Å²) in [4.78, 5) is 14.8. The fourth-order valence-corrected chi connectivity index (χ4v) is 2.99. The molecule has 0 atom stereocenters. The van der Waals surface area contributed by atoms with Gasteiger partial charge in [0.25, 0.3) is 0 Å². The lowest BCUT2D eigenvalue weighted by atomic mass is 9.98. The Balaban J connectivity index is 2.14. The van der Waals surface area contributed by atoms with Crippen LogP contribution < -0.4 is 10.6 Å². The lowest BCUT2D eigenvalue weighted by molar-refractivity contribution is -0.122. The van der Waals surface area contributed by atoms with Crippen LogP contribution in [-0.4, -0.2) is 12.5 Å². The van der Waals surface area contributed by atoms with Crippen LogP contribution in [0.25, 0.3) is 0 Å². The summed E-state index contributed by atoms with van der Waals surface area (Å²) < 4.78 is 0. The lowest BCUT2D eigenvalue weighted by Gasteiger charge is -2.27. The summed E-state index contributed by atoms with van der Waals surface area (Å²) in [5, 5.41) is 0. The maximum Gasteiger partial charge on any atom is 0.230 e. The molecule has 1 aliphatic rings. The molecule has 3 heteroatoms. The molecular weight excluding hydrogens is 248 g/mol. The first-order chi connectivity index (χ1) is 9.72. The van der Waals surface area contributed by atoms with E-state index in [1.54, 1.807) is 0 Å². The zero-order valence-electron chi connectivity index (χ0n) is 12.5. The van der Waals surface area contributed by atoms with E-state index in [1.165, 1.54) is 25.7 Å². The van der Waals surface area contributed by atoms with E-state index in [0.29, 0.717) is 5.91 Å². The molecule has 1 saturated carbocycles. The summed E-state index contributed by atoms with van der Waals surface area (Å²) in [6, 6.07) is 7.66. The van der Waals surface area contributed by atoms with Crippen molar-refractivity contribution in [1.29, 1.82) is 0 Å². The van der Waals surface area contributed by atoms with Gasteiger partial charge in [-0.2, -0.15) is 0 Å². The standard InChI is InChI=1S/C17H26N2O/c1-2-13-19(16-11-9-15(18)10-12-16)17(20)14-7-5-3-4-6-8-14/h9-12,14H,2-8,13,18H2,1H3. The number of hydrogen-bond acceptors (Lipinski definition) is 2. The summed E-state index contributed by atoms with van der Waals surface area (Å²) in [7, 11) is 0. The van der Waals surface area contributed by atoms with E-state index in [2.05, 4.69) is 6.92 Å². The van der Waals surface area contributed by atoms with Gasteiger partial charge in [-0.3, -0.25) is 4.79 Å². The van der Waals surface area contributed by atoms with E-state index in [4.69, 9.17) is 5.73 Å². The number of nitrogens with two attached hydrogens (primary N) is 1. The van der Waals surface area contributed by atoms with Crippen LogP contribution in [-0.2, 0) is 4.79 Å². The van der Waals surface area contributed by atoms with Crippen molar-refractivity contribution in [1.82, 2.24) is 0 Å². The number of nitrogen functional groups attached to an aromatic ring is 1. The number of amides is 1. The average molecular weight is 274 g/mol. The highest BCUT2D eigenvalue weighted by molar-refractivity contribution is 5.95. The lowest BCUT2D eigenvalue weighted by Crippen LogP contribution is -2.36. The SMILES string of the molecule is CCCN(C(=O)C1CCCCCC1)c1ccc(N)cc1. The first-order valence-electron chi connectivity index (χ1n) is 7.89. The second-order valence-electron chi connectivity index (χ2n) is 5.77. The number of nitrogens with zero attached hydrogens (tertiary/aromatic N) is 1. The van der Waals surface area contributed by atoms with E-state index in [9.17, 15) is 4.79 Å². The highest BCUT2D eigenvalue weighted by Crippen LogP contribution is 2.27. The Labute approximate surface area is 122 Å². The van der Waals surface area contributed by atoms with Gasteiger partial charge in [0, 0.05) is 23.8 Å². The summed E-state index contributed by atoms with van der Waals surface area (Å²) in [5.74, 6) is 0.514. The molecule has 0 aliphatic heterocycles.